The van der Waals surface area contributed by atoms with Gasteiger partial charge in [-0.1, -0.05) is 7.43 Å². The maximum Gasteiger partial charge on any atom is 0.234 e. The highest BCUT2D eigenvalue weighted by Gasteiger charge is 2.25. The van der Waals surface area contributed by atoms with E-state index in [1.165, 1.54) is 0 Å². The van der Waals surface area contributed by atoms with Gasteiger partial charge in [0.15, 0.2) is 0 Å². The van der Waals surface area contributed by atoms with Crippen molar-refractivity contribution in [2.45, 2.75) is 44.9 Å². The fraction of sp³-hybridized carbons (Fsp3) is 0.818. The summed E-state index contributed by atoms with van der Waals surface area (Å²) >= 11 is 0. The predicted octanol–water partition coefficient (Wildman–Crippen LogP) is -1.95. The molecule has 0 bridgehead atoms. The van der Waals surface area contributed by atoms with Crippen molar-refractivity contribution >= 4 is 11.8 Å². The molecular weight excluding hydrogens is 236 g/mol. The van der Waals surface area contributed by atoms with E-state index in [-0.39, 0.29) is 31.3 Å². The van der Waals surface area contributed by atoms with Crippen molar-refractivity contribution in [3.8, 4) is 0 Å². The number of aliphatic hydroxyl groups is 1. The molecule has 0 aromatic carbocycles. The van der Waals surface area contributed by atoms with Gasteiger partial charge in [0, 0.05) is 6.54 Å². The summed E-state index contributed by atoms with van der Waals surface area (Å²) < 4.78 is 0. The molecule has 7 heteroatoms. The zero-order valence-electron chi connectivity index (χ0n) is 9.69. The summed E-state index contributed by atoms with van der Waals surface area (Å²) in [5.41, 5.74) is 9.94. The average molecular weight is 260 g/mol. The Balaban J connectivity index is 0.000000306. The molecule has 2 rings (SSSR count). The van der Waals surface area contributed by atoms with E-state index in [2.05, 4.69) is 10.6 Å². The molecule has 3 atom stereocenters. The van der Waals surface area contributed by atoms with Gasteiger partial charge in [0.25, 0.3) is 0 Å². The van der Waals surface area contributed by atoms with Crippen molar-refractivity contribution in [3.63, 3.8) is 0 Å². The molecule has 0 spiro atoms. The summed E-state index contributed by atoms with van der Waals surface area (Å²) in [6.07, 6.45) is 2.04. The largest absolute Gasteiger partial charge is 0.392 e. The smallest absolute Gasteiger partial charge is 0.234 e. The van der Waals surface area contributed by atoms with Crippen LogP contribution in [0.5, 0.6) is 0 Å². The number of carbonyl (C=O) groups is 2. The zero-order chi connectivity index (χ0) is 12.8. The minimum absolute atomic E-state index is 0. The minimum Gasteiger partial charge on any atom is -0.392 e. The Labute approximate surface area is 107 Å². The second kappa shape index (κ2) is 8.02. The van der Waals surface area contributed by atoms with Crippen LogP contribution in [0, 0.1) is 0 Å². The topological polar surface area (TPSA) is 130 Å². The van der Waals surface area contributed by atoms with Crippen molar-refractivity contribution in [1.82, 2.24) is 10.6 Å². The fourth-order valence-corrected chi connectivity index (χ4v) is 1.86. The number of aliphatic hydroxyl groups excluding tert-OH is 1. The first-order valence-corrected chi connectivity index (χ1v) is 5.74. The van der Waals surface area contributed by atoms with Crippen molar-refractivity contribution in [3.05, 3.63) is 0 Å². The van der Waals surface area contributed by atoms with Gasteiger partial charge in [-0.15, -0.1) is 0 Å². The first-order valence-electron chi connectivity index (χ1n) is 5.74. The molecule has 2 heterocycles. The molecule has 7 nitrogen and oxygen atoms in total. The van der Waals surface area contributed by atoms with Gasteiger partial charge >= 0.3 is 0 Å². The van der Waals surface area contributed by atoms with Crippen molar-refractivity contribution in [1.29, 1.82) is 0 Å². The Bertz CT molecular complexity index is 279. The number of nitrogens with two attached hydrogens (primary N) is 2. The van der Waals surface area contributed by atoms with Crippen molar-refractivity contribution in [2.75, 3.05) is 13.1 Å². The molecule has 2 saturated heterocycles. The third-order valence-corrected chi connectivity index (χ3v) is 2.85. The van der Waals surface area contributed by atoms with Gasteiger partial charge in [0.05, 0.1) is 18.2 Å². The molecule has 0 aliphatic carbocycles. The zero-order valence-corrected chi connectivity index (χ0v) is 9.69. The van der Waals surface area contributed by atoms with Crippen molar-refractivity contribution < 1.29 is 14.7 Å². The molecule has 0 saturated carbocycles. The SMILES string of the molecule is C.NC(=O)C1CC(O)CN1.NC(=O)C1CCCN1. The van der Waals surface area contributed by atoms with E-state index in [0.29, 0.717) is 13.0 Å². The maximum atomic E-state index is 10.4. The van der Waals surface area contributed by atoms with E-state index in [1.807, 2.05) is 0 Å². The number of hydrogen-bond donors (Lipinski definition) is 5. The van der Waals surface area contributed by atoms with Crippen LogP contribution < -0.4 is 22.1 Å². The highest BCUT2D eigenvalue weighted by molar-refractivity contribution is 5.80. The Morgan fingerprint density at radius 3 is 1.94 bits per heavy atom. The Morgan fingerprint density at radius 2 is 1.72 bits per heavy atom. The van der Waals surface area contributed by atoms with Crippen LogP contribution in [-0.2, 0) is 9.59 Å². The van der Waals surface area contributed by atoms with Gasteiger partial charge in [-0.2, -0.15) is 0 Å². The van der Waals surface area contributed by atoms with Gasteiger partial charge < -0.3 is 27.2 Å². The van der Waals surface area contributed by atoms with E-state index in [9.17, 15) is 9.59 Å². The van der Waals surface area contributed by atoms with E-state index in [1.54, 1.807) is 0 Å². The summed E-state index contributed by atoms with van der Waals surface area (Å²) in [5, 5.41) is 14.6. The van der Waals surface area contributed by atoms with Gasteiger partial charge in [-0.3, -0.25) is 9.59 Å². The molecule has 2 aliphatic rings. The van der Waals surface area contributed by atoms with Gasteiger partial charge in [-0.05, 0) is 25.8 Å². The molecule has 18 heavy (non-hydrogen) atoms. The summed E-state index contributed by atoms with van der Waals surface area (Å²) in [5.74, 6) is -0.603. The van der Waals surface area contributed by atoms with Crippen molar-refractivity contribution in [2.24, 2.45) is 11.5 Å². The van der Waals surface area contributed by atoms with E-state index in [0.717, 1.165) is 19.4 Å². The fourth-order valence-electron chi connectivity index (χ4n) is 1.86. The van der Waals surface area contributed by atoms with Crippen LogP contribution in [0.4, 0.5) is 0 Å². The maximum absolute atomic E-state index is 10.4. The van der Waals surface area contributed by atoms with E-state index < -0.39 is 6.10 Å². The Morgan fingerprint density at radius 1 is 1.11 bits per heavy atom. The number of primary amides is 2. The number of nitrogens with one attached hydrogen (secondary N) is 2. The summed E-state index contributed by atoms with van der Waals surface area (Å²) in [4.78, 5) is 20.8. The average Bonchev–Trinajstić information content (AvgIpc) is 2.87. The van der Waals surface area contributed by atoms with Gasteiger partial charge in [0.2, 0.25) is 11.8 Å². The molecule has 0 aromatic rings. The molecule has 106 valence electrons. The summed E-state index contributed by atoms with van der Waals surface area (Å²) in [7, 11) is 0. The van der Waals surface area contributed by atoms with E-state index in [4.69, 9.17) is 16.6 Å². The molecule has 2 aliphatic heterocycles. The van der Waals surface area contributed by atoms with Crippen LogP contribution in [0.1, 0.15) is 26.7 Å². The highest BCUT2D eigenvalue weighted by Crippen LogP contribution is 2.04. The van der Waals surface area contributed by atoms with Crippen LogP contribution in [0.3, 0.4) is 0 Å². The number of rotatable bonds is 2. The second-order valence-electron chi connectivity index (χ2n) is 4.30. The number of amides is 2. The van der Waals surface area contributed by atoms with Crippen LogP contribution in [0.25, 0.3) is 0 Å². The lowest BCUT2D eigenvalue weighted by Gasteiger charge is -2.01. The normalized spacial score (nSPS) is 29.9. The quantitative estimate of drug-likeness (QED) is 0.394. The molecule has 0 aromatic heterocycles. The molecule has 0 radical (unpaired) electrons. The summed E-state index contributed by atoms with van der Waals surface area (Å²) in [6.45, 7) is 1.42. The first-order chi connectivity index (χ1) is 8.00. The van der Waals surface area contributed by atoms with Crippen LogP contribution in [0.2, 0.25) is 0 Å². The first kappa shape index (κ1) is 16.8. The Kier molecular flexibility index (Phi) is 7.49. The van der Waals surface area contributed by atoms with Crippen LogP contribution in [0.15, 0.2) is 0 Å². The van der Waals surface area contributed by atoms with Crippen LogP contribution in [-0.4, -0.2) is 48.2 Å². The number of hydrogen-bond acceptors (Lipinski definition) is 5. The highest BCUT2D eigenvalue weighted by atomic mass is 16.3. The standard InChI is InChI=1S/C5H10N2O2.C5H10N2O.CH4/c6-5(9)4-1-3(8)2-7-4;6-5(8)4-2-1-3-7-4;/h3-4,7-8H,1-2H2,(H2,6,9);4,7H,1-3H2,(H2,6,8);1H4. The summed E-state index contributed by atoms with van der Waals surface area (Å²) in [6, 6.07) is -0.366. The van der Waals surface area contributed by atoms with Gasteiger partial charge in [0.1, 0.15) is 0 Å². The lowest BCUT2D eigenvalue weighted by molar-refractivity contribution is -0.120. The lowest BCUT2D eigenvalue weighted by atomic mass is 10.2. The Hall–Kier alpha value is -1.18. The van der Waals surface area contributed by atoms with E-state index >= 15 is 0 Å². The number of carbonyl (C=O) groups excluding carboxylic acids is 2. The monoisotopic (exact) mass is 260 g/mol. The minimum atomic E-state index is -0.400. The third-order valence-electron chi connectivity index (χ3n) is 2.85. The molecule has 3 unspecified atom stereocenters. The molecular formula is C11H24N4O3. The second-order valence-corrected chi connectivity index (χ2v) is 4.30. The third kappa shape index (κ3) is 5.44. The lowest BCUT2D eigenvalue weighted by Crippen LogP contribution is -2.36. The predicted molar refractivity (Wildman–Crippen MR) is 68.6 cm³/mol. The molecule has 2 fully saturated rings. The van der Waals surface area contributed by atoms with Crippen LogP contribution >= 0.6 is 0 Å². The van der Waals surface area contributed by atoms with Gasteiger partial charge in [-0.25, -0.2) is 0 Å². The molecule has 2 amide bonds. The number of β-amino-alcohol motifs (C(OH)–C–C–N with tert-alkyl or cyclic N) is 1. The molecule has 7 N–H and O–H groups in total.